The number of rotatable bonds is 3. The Bertz CT molecular complexity index is 805. The first-order chi connectivity index (χ1) is 10.2. The van der Waals surface area contributed by atoms with Crippen LogP contribution in [0.2, 0.25) is 0 Å². The molecule has 2 aromatic carbocycles. The summed E-state index contributed by atoms with van der Waals surface area (Å²) in [5.74, 6) is 2.64. The van der Waals surface area contributed by atoms with Gasteiger partial charge < -0.3 is 10.1 Å². The maximum atomic E-state index is 5.90. The molecule has 0 fully saturated rings. The number of nitrogens with zero attached hydrogens (tertiary/aromatic N) is 2. The van der Waals surface area contributed by atoms with Gasteiger partial charge in [0.25, 0.3) is 0 Å². The van der Waals surface area contributed by atoms with Gasteiger partial charge >= 0.3 is 0 Å². The lowest BCUT2D eigenvalue weighted by Crippen LogP contribution is -1.99. The maximum Gasteiger partial charge on any atom is 0.224 e. The summed E-state index contributed by atoms with van der Waals surface area (Å²) in [6, 6.07) is 13.9. The fourth-order valence-corrected chi connectivity index (χ4v) is 2.70. The molecular formula is C16H14BrN3O. The van der Waals surface area contributed by atoms with E-state index >= 15 is 0 Å². The van der Waals surface area contributed by atoms with Gasteiger partial charge in [0, 0.05) is 13.1 Å². The number of hydrogen-bond acceptors (Lipinski definition) is 4. The van der Waals surface area contributed by atoms with E-state index in [4.69, 9.17) is 4.74 Å². The molecular weight excluding hydrogens is 330 g/mol. The molecule has 0 aliphatic heterocycles. The summed E-state index contributed by atoms with van der Waals surface area (Å²) in [4.78, 5) is 8.56. The molecule has 0 saturated heterocycles. The number of hydrogen-bond donors (Lipinski definition) is 1. The highest BCUT2D eigenvalue weighted by Crippen LogP contribution is 2.35. The number of anilines is 1. The predicted molar refractivity (Wildman–Crippen MR) is 88.0 cm³/mol. The second-order valence-electron chi connectivity index (χ2n) is 4.59. The van der Waals surface area contributed by atoms with Crippen molar-refractivity contribution in [2.75, 3.05) is 12.4 Å². The van der Waals surface area contributed by atoms with Crippen molar-refractivity contribution in [2.24, 2.45) is 0 Å². The molecule has 0 atom stereocenters. The highest BCUT2D eigenvalue weighted by atomic mass is 79.9. The lowest BCUT2D eigenvalue weighted by molar-refractivity contribution is 0.458. The van der Waals surface area contributed by atoms with E-state index in [0.717, 1.165) is 26.8 Å². The molecule has 0 aliphatic carbocycles. The average Bonchev–Trinajstić information content (AvgIpc) is 2.50. The Morgan fingerprint density at radius 2 is 1.90 bits per heavy atom. The Balaban J connectivity index is 2.02. The summed E-state index contributed by atoms with van der Waals surface area (Å²) in [5.41, 5.74) is 0. The van der Waals surface area contributed by atoms with Gasteiger partial charge in [0.15, 0.2) is 0 Å². The van der Waals surface area contributed by atoms with Crippen LogP contribution < -0.4 is 10.1 Å². The van der Waals surface area contributed by atoms with E-state index in [9.17, 15) is 0 Å². The molecule has 0 unspecified atom stereocenters. The molecule has 0 radical (unpaired) electrons. The number of ether oxygens (including phenoxy) is 1. The molecule has 0 amide bonds. The Labute approximate surface area is 131 Å². The van der Waals surface area contributed by atoms with Crippen LogP contribution in [0.4, 0.5) is 5.82 Å². The van der Waals surface area contributed by atoms with Crippen LogP contribution in [0.5, 0.6) is 11.6 Å². The zero-order valence-electron chi connectivity index (χ0n) is 11.7. The molecule has 3 aromatic rings. The van der Waals surface area contributed by atoms with Gasteiger partial charge in [-0.3, -0.25) is 0 Å². The average molecular weight is 344 g/mol. The molecule has 4 nitrogen and oxygen atoms in total. The van der Waals surface area contributed by atoms with E-state index in [-0.39, 0.29) is 0 Å². The lowest BCUT2D eigenvalue weighted by Gasteiger charge is -2.10. The topological polar surface area (TPSA) is 47.0 Å². The zero-order chi connectivity index (χ0) is 14.8. The van der Waals surface area contributed by atoms with Crippen LogP contribution in [-0.4, -0.2) is 17.0 Å². The first-order valence-electron chi connectivity index (χ1n) is 6.56. The van der Waals surface area contributed by atoms with Crippen molar-refractivity contribution in [1.29, 1.82) is 0 Å². The first-order valence-corrected chi connectivity index (χ1v) is 7.35. The van der Waals surface area contributed by atoms with Gasteiger partial charge in [-0.05, 0) is 39.7 Å². The van der Waals surface area contributed by atoms with Gasteiger partial charge in [-0.1, -0.05) is 30.3 Å². The number of fused-ring (bicyclic) bond motifs is 1. The predicted octanol–water partition coefficient (Wildman–Crippen LogP) is 4.53. The maximum absolute atomic E-state index is 5.90. The molecule has 5 heteroatoms. The van der Waals surface area contributed by atoms with E-state index < -0.39 is 0 Å². The van der Waals surface area contributed by atoms with E-state index in [0.29, 0.717) is 11.7 Å². The van der Waals surface area contributed by atoms with Crippen molar-refractivity contribution in [1.82, 2.24) is 9.97 Å². The molecule has 1 heterocycles. The minimum Gasteiger partial charge on any atom is -0.438 e. The Morgan fingerprint density at radius 3 is 2.71 bits per heavy atom. The zero-order valence-corrected chi connectivity index (χ0v) is 13.3. The van der Waals surface area contributed by atoms with Crippen LogP contribution in [0, 0.1) is 6.92 Å². The van der Waals surface area contributed by atoms with Gasteiger partial charge in [0.1, 0.15) is 17.4 Å². The summed E-state index contributed by atoms with van der Waals surface area (Å²) in [6.07, 6.45) is 0. The minimum atomic E-state index is 0.517. The van der Waals surface area contributed by atoms with Crippen molar-refractivity contribution in [3.63, 3.8) is 0 Å². The van der Waals surface area contributed by atoms with Crippen LogP contribution in [-0.2, 0) is 0 Å². The van der Waals surface area contributed by atoms with Crippen molar-refractivity contribution in [3.05, 3.63) is 52.8 Å². The van der Waals surface area contributed by atoms with Crippen molar-refractivity contribution in [2.45, 2.75) is 6.92 Å². The number of nitrogens with one attached hydrogen (secondary N) is 1. The summed E-state index contributed by atoms with van der Waals surface area (Å²) in [5, 5.41) is 5.26. The second-order valence-corrected chi connectivity index (χ2v) is 5.38. The monoisotopic (exact) mass is 343 g/mol. The van der Waals surface area contributed by atoms with Crippen LogP contribution in [0.1, 0.15) is 5.82 Å². The second kappa shape index (κ2) is 5.69. The van der Waals surface area contributed by atoms with Crippen molar-refractivity contribution >= 4 is 32.5 Å². The number of aromatic nitrogens is 2. The van der Waals surface area contributed by atoms with Crippen LogP contribution in [0.3, 0.4) is 0 Å². The summed E-state index contributed by atoms with van der Waals surface area (Å²) in [7, 11) is 1.82. The van der Waals surface area contributed by atoms with Crippen LogP contribution in [0.15, 0.2) is 46.9 Å². The van der Waals surface area contributed by atoms with E-state index in [2.05, 4.69) is 43.3 Å². The van der Waals surface area contributed by atoms with E-state index in [1.54, 1.807) is 6.07 Å². The molecule has 0 bridgehead atoms. The minimum absolute atomic E-state index is 0.517. The highest BCUT2D eigenvalue weighted by molar-refractivity contribution is 9.10. The molecule has 0 spiro atoms. The summed E-state index contributed by atoms with van der Waals surface area (Å²) >= 11 is 3.61. The molecule has 3 rings (SSSR count). The van der Waals surface area contributed by atoms with Crippen LogP contribution in [0.25, 0.3) is 10.8 Å². The van der Waals surface area contributed by atoms with Gasteiger partial charge in [-0.15, -0.1) is 0 Å². The normalized spacial score (nSPS) is 10.6. The Hall–Kier alpha value is -2.14. The van der Waals surface area contributed by atoms with Gasteiger partial charge in [-0.25, -0.2) is 4.98 Å². The number of aryl methyl sites for hydroxylation is 1. The van der Waals surface area contributed by atoms with Crippen molar-refractivity contribution in [3.8, 4) is 11.6 Å². The van der Waals surface area contributed by atoms with Gasteiger partial charge in [0.2, 0.25) is 5.88 Å². The fraction of sp³-hybridized carbons (Fsp3) is 0.125. The molecule has 0 saturated carbocycles. The first kappa shape index (κ1) is 13.8. The van der Waals surface area contributed by atoms with E-state index in [1.165, 1.54) is 0 Å². The molecule has 21 heavy (non-hydrogen) atoms. The van der Waals surface area contributed by atoms with Crippen LogP contribution >= 0.6 is 15.9 Å². The summed E-state index contributed by atoms with van der Waals surface area (Å²) < 4.78 is 6.82. The Morgan fingerprint density at radius 1 is 1.10 bits per heavy atom. The number of halogens is 1. The standard InChI is InChI=1S/C16H14BrN3O/c1-10-19-14(18-2)9-15(20-10)21-13-8-7-11-5-3-4-6-12(11)16(13)17/h3-9H,1-2H3,(H,18,19,20). The van der Waals surface area contributed by atoms with Gasteiger partial charge in [-0.2, -0.15) is 4.98 Å². The van der Waals surface area contributed by atoms with E-state index in [1.807, 2.05) is 38.2 Å². The molecule has 1 aromatic heterocycles. The van der Waals surface area contributed by atoms with Crippen molar-refractivity contribution < 1.29 is 4.74 Å². The third-order valence-corrected chi connectivity index (χ3v) is 3.93. The SMILES string of the molecule is CNc1cc(Oc2ccc3ccccc3c2Br)nc(C)n1. The molecule has 1 N–H and O–H groups in total. The molecule has 106 valence electrons. The summed E-state index contributed by atoms with van der Waals surface area (Å²) in [6.45, 7) is 1.84. The molecule has 0 aliphatic rings. The number of benzene rings is 2. The third-order valence-electron chi connectivity index (χ3n) is 3.11. The van der Waals surface area contributed by atoms with Gasteiger partial charge in [0.05, 0.1) is 4.47 Å². The Kier molecular flexibility index (Phi) is 3.75. The third kappa shape index (κ3) is 2.83. The largest absolute Gasteiger partial charge is 0.438 e. The highest BCUT2D eigenvalue weighted by Gasteiger charge is 2.09. The quantitative estimate of drug-likeness (QED) is 0.758. The fourth-order valence-electron chi connectivity index (χ4n) is 2.13. The lowest BCUT2D eigenvalue weighted by atomic mass is 10.1. The smallest absolute Gasteiger partial charge is 0.224 e.